The minimum atomic E-state index is -0.160. The summed E-state index contributed by atoms with van der Waals surface area (Å²) in [5, 5.41) is 18.1. The highest BCUT2D eigenvalue weighted by atomic mass is 32.2. The van der Waals surface area contributed by atoms with Crippen LogP contribution in [0.5, 0.6) is 11.5 Å². The van der Waals surface area contributed by atoms with E-state index in [4.69, 9.17) is 13.9 Å². The highest BCUT2D eigenvalue weighted by molar-refractivity contribution is 7.99. The average Bonchev–Trinajstić information content (AvgIpc) is 3.57. The molecule has 3 aromatic carbocycles. The molecule has 5 aromatic rings. The molecule has 0 aliphatic rings. The largest absolute Gasteiger partial charge is 0.497 e. The van der Waals surface area contributed by atoms with Crippen molar-refractivity contribution in [3.63, 3.8) is 0 Å². The quantitative estimate of drug-likeness (QED) is 0.253. The van der Waals surface area contributed by atoms with E-state index in [9.17, 15) is 0 Å². The minimum absolute atomic E-state index is 0.160. The van der Waals surface area contributed by atoms with E-state index in [-0.39, 0.29) is 5.25 Å². The van der Waals surface area contributed by atoms with Crippen molar-refractivity contribution in [3.8, 4) is 40.0 Å². The van der Waals surface area contributed by atoms with Crippen molar-refractivity contribution in [1.29, 1.82) is 0 Å². The molecule has 0 aliphatic heterocycles. The third-order valence-corrected chi connectivity index (χ3v) is 6.43. The SMILES string of the molecule is COc1ccc(-n2c(SC(C)c3nnc(-c4ccccc4)o3)nnc2-c2ccccc2OC)cc1. The fourth-order valence-corrected chi connectivity index (χ4v) is 4.52. The first-order chi connectivity index (χ1) is 17.2. The van der Waals surface area contributed by atoms with E-state index in [1.165, 1.54) is 11.8 Å². The Kier molecular flexibility index (Phi) is 6.49. The molecule has 35 heavy (non-hydrogen) atoms. The summed E-state index contributed by atoms with van der Waals surface area (Å²) >= 11 is 1.49. The molecule has 9 heteroatoms. The topological polar surface area (TPSA) is 88.1 Å². The molecule has 0 spiro atoms. The van der Waals surface area contributed by atoms with Gasteiger partial charge in [-0.1, -0.05) is 42.1 Å². The van der Waals surface area contributed by atoms with Gasteiger partial charge in [-0.15, -0.1) is 20.4 Å². The lowest BCUT2D eigenvalue weighted by Crippen LogP contribution is -2.02. The molecule has 0 bridgehead atoms. The third kappa shape index (κ3) is 4.63. The second-order valence-electron chi connectivity index (χ2n) is 7.61. The van der Waals surface area contributed by atoms with Crippen LogP contribution in [0.2, 0.25) is 0 Å². The van der Waals surface area contributed by atoms with E-state index < -0.39 is 0 Å². The van der Waals surface area contributed by atoms with Crippen molar-refractivity contribution in [2.75, 3.05) is 14.2 Å². The second-order valence-corrected chi connectivity index (χ2v) is 8.92. The van der Waals surface area contributed by atoms with Gasteiger partial charge in [0.15, 0.2) is 11.0 Å². The fourth-order valence-electron chi connectivity index (χ4n) is 3.62. The first-order valence-electron chi connectivity index (χ1n) is 11.0. The van der Waals surface area contributed by atoms with Gasteiger partial charge in [-0.3, -0.25) is 4.57 Å². The standard InChI is InChI=1S/C26H23N5O3S/c1-17(24-28-29-25(34-24)18-9-5-4-6-10-18)35-26-30-27-23(21-11-7-8-12-22(21)33-3)31(26)19-13-15-20(32-2)16-14-19/h4-17H,1-3H3. The smallest absolute Gasteiger partial charge is 0.247 e. The molecule has 0 saturated carbocycles. The summed E-state index contributed by atoms with van der Waals surface area (Å²) in [7, 11) is 3.29. The zero-order valence-electron chi connectivity index (χ0n) is 19.5. The van der Waals surface area contributed by atoms with Gasteiger partial charge >= 0.3 is 0 Å². The molecular formula is C26H23N5O3S. The molecule has 1 atom stereocenters. The molecule has 0 radical (unpaired) electrons. The molecule has 2 heterocycles. The number of hydrogen-bond donors (Lipinski definition) is 0. The predicted molar refractivity (Wildman–Crippen MR) is 134 cm³/mol. The summed E-state index contributed by atoms with van der Waals surface area (Å²) < 4.78 is 18.9. The van der Waals surface area contributed by atoms with Crippen LogP contribution in [0, 0.1) is 0 Å². The van der Waals surface area contributed by atoms with Crippen LogP contribution in [0.4, 0.5) is 0 Å². The van der Waals surface area contributed by atoms with Crippen molar-refractivity contribution < 1.29 is 13.9 Å². The Morgan fingerprint density at radius 1 is 0.800 bits per heavy atom. The Balaban J connectivity index is 1.52. The lowest BCUT2D eigenvalue weighted by Gasteiger charge is -2.14. The molecule has 0 saturated heterocycles. The number of methoxy groups -OCH3 is 2. The zero-order valence-corrected chi connectivity index (χ0v) is 20.3. The summed E-state index contributed by atoms with van der Waals surface area (Å²) in [6.45, 7) is 2.00. The molecular weight excluding hydrogens is 462 g/mol. The van der Waals surface area contributed by atoms with Crippen molar-refractivity contribution >= 4 is 11.8 Å². The highest BCUT2D eigenvalue weighted by Gasteiger charge is 2.23. The molecule has 0 fully saturated rings. The molecule has 0 amide bonds. The Hall–Kier alpha value is -4.11. The van der Waals surface area contributed by atoms with Gasteiger partial charge < -0.3 is 13.9 Å². The Bertz CT molecular complexity index is 1420. The number of ether oxygens (including phenoxy) is 2. The maximum Gasteiger partial charge on any atom is 0.247 e. The van der Waals surface area contributed by atoms with Crippen molar-refractivity contribution in [1.82, 2.24) is 25.0 Å². The van der Waals surface area contributed by atoms with E-state index in [0.717, 1.165) is 22.6 Å². The highest BCUT2D eigenvalue weighted by Crippen LogP contribution is 2.39. The molecule has 2 aromatic heterocycles. The molecule has 176 valence electrons. The Labute approximate surface area is 206 Å². The molecule has 0 aliphatic carbocycles. The Morgan fingerprint density at radius 3 is 2.29 bits per heavy atom. The van der Waals surface area contributed by atoms with E-state index in [1.54, 1.807) is 14.2 Å². The van der Waals surface area contributed by atoms with Gasteiger partial charge in [0.2, 0.25) is 11.8 Å². The number of rotatable bonds is 8. The van der Waals surface area contributed by atoms with Gasteiger partial charge in [0.1, 0.15) is 11.5 Å². The number of nitrogens with zero attached hydrogens (tertiary/aromatic N) is 5. The summed E-state index contributed by atoms with van der Waals surface area (Å²) in [5.74, 6) is 3.14. The molecule has 0 N–H and O–H groups in total. The molecule has 5 rings (SSSR count). The van der Waals surface area contributed by atoms with Crippen LogP contribution in [-0.2, 0) is 0 Å². The Morgan fingerprint density at radius 2 is 1.54 bits per heavy atom. The maximum absolute atomic E-state index is 5.97. The van der Waals surface area contributed by atoms with Crippen LogP contribution in [0.3, 0.4) is 0 Å². The van der Waals surface area contributed by atoms with Gasteiger partial charge in [-0.2, -0.15) is 0 Å². The van der Waals surface area contributed by atoms with Gasteiger partial charge in [-0.05, 0) is 55.5 Å². The molecule has 1 unspecified atom stereocenters. The van der Waals surface area contributed by atoms with Crippen molar-refractivity contribution in [2.45, 2.75) is 17.3 Å². The van der Waals surface area contributed by atoms with Crippen LogP contribution in [0.25, 0.3) is 28.5 Å². The third-order valence-electron chi connectivity index (χ3n) is 5.40. The van der Waals surface area contributed by atoms with Gasteiger partial charge in [0.25, 0.3) is 0 Å². The first kappa shape index (κ1) is 22.7. The summed E-state index contributed by atoms with van der Waals surface area (Å²) in [6.07, 6.45) is 0. The van der Waals surface area contributed by atoms with Gasteiger partial charge in [-0.25, -0.2) is 0 Å². The maximum atomic E-state index is 5.97. The predicted octanol–water partition coefficient (Wildman–Crippen LogP) is 5.85. The van der Waals surface area contributed by atoms with E-state index in [2.05, 4.69) is 20.4 Å². The number of para-hydroxylation sites is 1. The van der Waals surface area contributed by atoms with Gasteiger partial charge in [0.05, 0.1) is 30.7 Å². The van der Waals surface area contributed by atoms with Crippen molar-refractivity contribution in [3.05, 3.63) is 84.8 Å². The number of aromatic nitrogens is 5. The average molecular weight is 486 g/mol. The molecule has 8 nitrogen and oxygen atoms in total. The van der Waals surface area contributed by atoms with Crippen molar-refractivity contribution in [2.24, 2.45) is 0 Å². The number of thioether (sulfide) groups is 1. The minimum Gasteiger partial charge on any atom is -0.497 e. The first-order valence-corrected chi connectivity index (χ1v) is 11.8. The summed E-state index contributed by atoms with van der Waals surface area (Å²) in [4.78, 5) is 0. The van der Waals surface area contributed by atoms with Gasteiger partial charge in [0, 0.05) is 5.56 Å². The summed E-state index contributed by atoms with van der Waals surface area (Å²) in [6, 6.07) is 25.2. The van der Waals surface area contributed by atoms with Crippen LogP contribution < -0.4 is 9.47 Å². The van der Waals surface area contributed by atoms with Crippen LogP contribution in [0.15, 0.2) is 88.4 Å². The number of hydrogen-bond acceptors (Lipinski definition) is 8. The normalized spacial score (nSPS) is 11.9. The van der Waals surface area contributed by atoms with Crippen LogP contribution in [0.1, 0.15) is 18.1 Å². The lowest BCUT2D eigenvalue weighted by molar-refractivity contribution is 0.414. The monoisotopic (exact) mass is 485 g/mol. The van der Waals surface area contributed by atoms with Crippen LogP contribution in [-0.4, -0.2) is 39.2 Å². The van der Waals surface area contributed by atoms with Crippen LogP contribution >= 0.6 is 11.8 Å². The van der Waals surface area contributed by atoms with E-state index >= 15 is 0 Å². The second kappa shape index (κ2) is 10.0. The fraction of sp³-hybridized carbons (Fsp3) is 0.154. The summed E-state index contributed by atoms with van der Waals surface area (Å²) in [5.41, 5.74) is 2.60. The van der Waals surface area contributed by atoms with E-state index in [1.807, 2.05) is 90.4 Å². The zero-order chi connectivity index (χ0) is 24.2. The van der Waals surface area contributed by atoms with E-state index in [0.29, 0.717) is 28.5 Å². The lowest BCUT2D eigenvalue weighted by atomic mass is 10.2. The number of benzene rings is 3.